The summed E-state index contributed by atoms with van der Waals surface area (Å²) < 4.78 is 35.2. The fourth-order valence-electron chi connectivity index (χ4n) is 0.704. The molecule has 0 N–H and O–H groups in total. The number of alkyl halides is 3. The summed E-state index contributed by atoms with van der Waals surface area (Å²) in [6, 6.07) is 0. The van der Waals surface area contributed by atoms with Gasteiger partial charge in [0.25, 0.3) is 0 Å². The third-order valence-electron chi connectivity index (χ3n) is 1.13. The van der Waals surface area contributed by atoms with Crippen LogP contribution in [-0.2, 0) is 4.79 Å². The fourth-order valence-corrected chi connectivity index (χ4v) is 0.809. The number of carbonyl (C=O) groups is 1. The maximum atomic E-state index is 11.7. The first-order chi connectivity index (χ1) is 5.81. The highest BCUT2D eigenvalue weighted by Crippen LogP contribution is 2.15. The zero-order valence-electron chi connectivity index (χ0n) is 7.01. The van der Waals surface area contributed by atoms with Crippen LogP contribution in [-0.4, -0.2) is 36.3 Å². The lowest BCUT2D eigenvalue weighted by Crippen LogP contribution is -2.31. The van der Waals surface area contributed by atoms with Gasteiger partial charge in [-0.3, -0.25) is 9.69 Å². The monoisotopic (exact) mass is 213 g/mol. The van der Waals surface area contributed by atoms with Crippen LogP contribution in [0.5, 0.6) is 0 Å². The van der Waals surface area contributed by atoms with Crippen molar-refractivity contribution < 1.29 is 18.0 Å². The molecule has 0 atom stereocenters. The van der Waals surface area contributed by atoms with Crippen LogP contribution in [0.25, 0.3) is 0 Å². The predicted octanol–water partition coefficient (Wildman–Crippen LogP) is 1.49. The Bertz CT molecular complexity index is 202. The van der Waals surface area contributed by atoms with Crippen LogP contribution >= 0.6 is 12.6 Å². The average Bonchev–Trinajstić information content (AvgIpc) is 1.81. The van der Waals surface area contributed by atoms with Crippen molar-refractivity contribution in [3.8, 4) is 0 Å². The van der Waals surface area contributed by atoms with Gasteiger partial charge in [-0.15, -0.1) is 12.6 Å². The quantitative estimate of drug-likeness (QED) is 0.564. The summed E-state index contributed by atoms with van der Waals surface area (Å²) in [6.45, 7) is -0.913. The standard InChI is InChI=1S/C7H10F3NOS/c1-11(5-7(8,9)10)4-2-3-6(12)13/h2-3H,4-5H2,1H3,(H,12,13)/b3-2+. The summed E-state index contributed by atoms with van der Waals surface area (Å²) in [5.41, 5.74) is 0. The van der Waals surface area contributed by atoms with Crippen molar-refractivity contribution >= 4 is 17.7 Å². The average molecular weight is 213 g/mol. The van der Waals surface area contributed by atoms with E-state index in [-0.39, 0.29) is 6.54 Å². The van der Waals surface area contributed by atoms with Gasteiger partial charge in [0.05, 0.1) is 6.54 Å². The number of hydrogen-bond acceptors (Lipinski definition) is 2. The smallest absolute Gasteiger partial charge is 0.294 e. The number of thiol groups is 1. The minimum atomic E-state index is -4.20. The van der Waals surface area contributed by atoms with Gasteiger partial charge in [0.15, 0.2) is 0 Å². The van der Waals surface area contributed by atoms with Crippen LogP contribution in [0.2, 0.25) is 0 Å². The first-order valence-electron chi connectivity index (χ1n) is 3.46. The van der Waals surface area contributed by atoms with Gasteiger partial charge in [-0.1, -0.05) is 6.08 Å². The molecule has 0 amide bonds. The zero-order valence-corrected chi connectivity index (χ0v) is 7.90. The van der Waals surface area contributed by atoms with Gasteiger partial charge in [-0.05, 0) is 13.1 Å². The van der Waals surface area contributed by atoms with Crippen LogP contribution in [0.1, 0.15) is 0 Å². The Kier molecular flexibility index (Phi) is 5.09. The first kappa shape index (κ1) is 12.5. The van der Waals surface area contributed by atoms with Gasteiger partial charge in [0, 0.05) is 6.54 Å². The molecule has 6 heteroatoms. The van der Waals surface area contributed by atoms with Crippen LogP contribution in [0.3, 0.4) is 0 Å². The molecule has 0 saturated heterocycles. The van der Waals surface area contributed by atoms with Crippen molar-refractivity contribution in [2.75, 3.05) is 20.1 Å². The molecular formula is C7H10F3NOS. The molecule has 0 unspecified atom stereocenters. The van der Waals surface area contributed by atoms with Gasteiger partial charge in [0.2, 0.25) is 5.12 Å². The molecule has 0 aromatic carbocycles. The summed E-state index contributed by atoms with van der Waals surface area (Å²) in [4.78, 5) is 11.3. The summed E-state index contributed by atoms with van der Waals surface area (Å²) in [5, 5.41) is -0.472. The summed E-state index contributed by atoms with van der Waals surface area (Å²) in [7, 11) is 1.32. The Morgan fingerprint density at radius 2 is 2.08 bits per heavy atom. The van der Waals surface area contributed by atoms with Crippen molar-refractivity contribution in [2.24, 2.45) is 0 Å². The second-order valence-corrected chi connectivity index (χ2v) is 2.99. The molecule has 0 aliphatic carbocycles. The lowest BCUT2D eigenvalue weighted by Gasteiger charge is -2.15. The van der Waals surface area contributed by atoms with Crippen molar-refractivity contribution in [1.29, 1.82) is 0 Å². The molecule has 0 radical (unpaired) electrons. The van der Waals surface area contributed by atoms with Crippen molar-refractivity contribution in [3.63, 3.8) is 0 Å². The minimum absolute atomic E-state index is 0.0752. The minimum Gasteiger partial charge on any atom is -0.294 e. The molecule has 0 spiro atoms. The maximum absolute atomic E-state index is 11.7. The van der Waals surface area contributed by atoms with E-state index in [1.165, 1.54) is 13.1 Å². The Morgan fingerprint density at radius 3 is 2.46 bits per heavy atom. The number of halogens is 3. The van der Waals surface area contributed by atoms with Crippen LogP contribution in [0.4, 0.5) is 13.2 Å². The molecule has 0 saturated carbocycles. The Hall–Kier alpha value is -0.490. The topological polar surface area (TPSA) is 20.3 Å². The zero-order chi connectivity index (χ0) is 10.5. The number of likely N-dealkylation sites (N-methyl/N-ethyl adjacent to an activating group) is 1. The third-order valence-corrected chi connectivity index (χ3v) is 1.28. The Morgan fingerprint density at radius 1 is 1.54 bits per heavy atom. The van der Waals surface area contributed by atoms with Gasteiger partial charge in [-0.2, -0.15) is 13.2 Å². The van der Waals surface area contributed by atoms with Crippen LogP contribution in [0.15, 0.2) is 12.2 Å². The second kappa shape index (κ2) is 5.29. The molecule has 0 aliphatic heterocycles. The van der Waals surface area contributed by atoms with Crippen LogP contribution < -0.4 is 0 Å². The molecule has 0 rings (SSSR count). The number of hydrogen-bond donors (Lipinski definition) is 1. The van der Waals surface area contributed by atoms with Gasteiger partial charge >= 0.3 is 6.18 Å². The fraction of sp³-hybridized carbons (Fsp3) is 0.571. The number of carbonyl (C=O) groups excluding carboxylic acids is 1. The van der Waals surface area contributed by atoms with Crippen LogP contribution in [0, 0.1) is 0 Å². The second-order valence-electron chi connectivity index (χ2n) is 2.55. The Balaban J connectivity index is 3.76. The molecule has 0 heterocycles. The Labute approximate surface area is 79.8 Å². The van der Waals surface area contributed by atoms with Crippen molar-refractivity contribution in [1.82, 2.24) is 4.90 Å². The molecular weight excluding hydrogens is 203 g/mol. The summed E-state index contributed by atoms with van der Waals surface area (Å²) in [5.74, 6) is 0. The first-order valence-corrected chi connectivity index (χ1v) is 3.91. The van der Waals surface area contributed by atoms with E-state index in [0.717, 1.165) is 11.0 Å². The maximum Gasteiger partial charge on any atom is 0.401 e. The lowest BCUT2D eigenvalue weighted by molar-refractivity contribution is -0.141. The number of rotatable bonds is 4. The van der Waals surface area contributed by atoms with Gasteiger partial charge in [0.1, 0.15) is 0 Å². The molecule has 0 aromatic rings. The molecule has 0 bridgehead atoms. The third kappa shape index (κ3) is 9.42. The predicted molar refractivity (Wildman–Crippen MR) is 46.7 cm³/mol. The van der Waals surface area contributed by atoms with E-state index in [2.05, 4.69) is 12.6 Å². The normalized spacial score (nSPS) is 12.8. The van der Waals surface area contributed by atoms with E-state index in [4.69, 9.17) is 0 Å². The highest BCUT2D eigenvalue weighted by Gasteiger charge is 2.28. The van der Waals surface area contributed by atoms with E-state index >= 15 is 0 Å². The number of nitrogens with zero attached hydrogens (tertiary/aromatic N) is 1. The highest BCUT2D eigenvalue weighted by molar-refractivity contribution is 7.97. The molecule has 2 nitrogen and oxygen atoms in total. The lowest BCUT2D eigenvalue weighted by atomic mass is 10.4. The van der Waals surface area contributed by atoms with E-state index in [0.29, 0.717) is 0 Å². The molecule has 0 fully saturated rings. The van der Waals surface area contributed by atoms with Gasteiger partial charge in [-0.25, -0.2) is 0 Å². The summed E-state index contributed by atoms with van der Waals surface area (Å²) in [6.07, 6.45) is -1.75. The molecule has 13 heavy (non-hydrogen) atoms. The molecule has 76 valence electrons. The van der Waals surface area contributed by atoms with Crippen molar-refractivity contribution in [3.05, 3.63) is 12.2 Å². The van der Waals surface area contributed by atoms with E-state index < -0.39 is 17.8 Å². The molecule has 0 aliphatic rings. The summed E-state index contributed by atoms with van der Waals surface area (Å²) >= 11 is 3.42. The van der Waals surface area contributed by atoms with E-state index in [1.807, 2.05) is 0 Å². The van der Waals surface area contributed by atoms with Crippen molar-refractivity contribution in [2.45, 2.75) is 6.18 Å². The van der Waals surface area contributed by atoms with E-state index in [9.17, 15) is 18.0 Å². The molecule has 0 aromatic heterocycles. The van der Waals surface area contributed by atoms with Gasteiger partial charge < -0.3 is 0 Å². The largest absolute Gasteiger partial charge is 0.401 e. The van der Waals surface area contributed by atoms with E-state index in [1.54, 1.807) is 0 Å². The SMILES string of the molecule is CN(C/C=C/C(=O)S)CC(F)(F)F. The highest BCUT2D eigenvalue weighted by atomic mass is 32.1.